The summed E-state index contributed by atoms with van der Waals surface area (Å²) in [6, 6.07) is 0. The van der Waals surface area contributed by atoms with E-state index in [1.165, 1.54) is 0 Å². The second-order valence-corrected chi connectivity index (χ2v) is 5.74. The molecule has 0 aromatic rings. The Labute approximate surface area is 97.0 Å². The van der Waals surface area contributed by atoms with E-state index < -0.39 is 16.3 Å². The van der Waals surface area contributed by atoms with Crippen LogP contribution in [0.5, 0.6) is 0 Å². The van der Waals surface area contributed by atoms with E-state index in [1.54, 1.807) is 0 Å². The summed E-state index contributed by atoms with van der Waals surface area (Å²) in [5, 5.41) is 0. The fourth-order valence-corrected chi connectivity index (χ4v) is 3.56. The Morgan fingerprint density at radius 2 is 2.12 bits per heavy atom. The van der Waals surface area contributed by atoms with Crippen LogP contribution in [0.3, 0.4) is 0 Å². The molecular formula is C10H19NO4S. The predicted octanol–water partition coefficient (Wildman–Crippen LogP) is 1.46. The van der Waals surface area contributed by atoms with Gasteiger partial charge >= 0.3 is 10.4 Å². The van der Waals surface area contributed by atoms with Crippen molar-refractivity contribution in [1.29, 1.82) is 0 Å². The highest BCUT2D eigenvalue weighted by Crippen LogP contribution is 2.44. The SMILES string of the molecule is CCCCN1CCCC(C)C12OS(=O)(=O)O2. The zero-order valence-electron chi connectivity index (χ0n) is 9.81. The van der Waals surface area contributed by atoms with E-state index in [4.69, 9.17) is 8.37 Å². The van der Waals surface area contributed by atoms with Crippen molar-refractivity contribution in [2.75, 3.05) is 13.1 Å². The molecule has 0 N–H and O–H groups in total. The third-order valence-corrected chi connectivity index (χ3v) is 4.24. The molecule has 2 aliphatic rings. The van der Waals surface area contributed by atoms with E-state index in [-0.39, 0.29) is 5.92 Å². The molecule has 0 aliphatic carbocycles. The largest absolute Gasteiger partial charge is 0.407 e. The van der Waals surface area contributed by atoms with Gasteiger partial charge in [-0.15, -0.1) is 0 Å². The molecule has 94 valence electrons. The van der Waals surface area contributed by atoms with E-state index in [0.29, 0.717) is 0 Å². The standard InChI is InChI=1S/C10H19NO4S/c1-3-4-7-11-8-5-6-9(2)10(11)14-16(12,13)15-10/h9H,3-8H2,1-2H3. The normalized spacial score (nSPS) is 32.5. The zero-order chi connectivity index (χ0) is 11.8. The van der Waals surface area contributed by atoms with Gasteiger partial charge in [-0.1, -0.05) is 20.3 Å². The maximum absolute atomic E-state index is 11.1. The first kappa shape index (κ1) is 12.3. The molecule has 2 fully saturated rings. The molecule has 6 heteroatoms. The summed E-state index contributed by atoms with van der Waals surface area (Å²) in [4.78, 5) is 2.02. The molecule has 2 rings (SSSR count). The molecule has 0 radical (unpaired) electrons. The van der Waals surface area contributed by atoms with Gasteiger partial charge in [-0.05, 0) is 19.3 Å². The Kier molecular flexibility index (Phi) is 3.27. The van der Waals surface area contributed by atoms with Gasteiger partial charge in [-0.3, -0.25) is 4.90 Å². The van der Waals surface area contributed by atoms with Crippen molar-refractivity contribution in [2.45, 2.75) is 45.4 Å². The summed E-state index contributed by atoms with van der Waals surface area (Å²) in [7, 11) is -3.72. The van der Waals surface area contributed by atoms with E-state index in [0.717, 1.165) is 38.8 Å². The van der Waals surface area contributed by atoms with Gasteiger partial charge in [-0.2, -0.15) is 16.8 Å². The number of rotatable bonds is 3. The smallest absolute Gasteiger partial charge is 0.250 e. The molecule has 0 saturated carbocycles. The lowest BCUT2D eigenvalue weighted by atomic mass is 9.95. The molecule has 1 spiro atoms. The number of piperidine rings is 1. The van der Waals surface area contributed by atoms with Crippen LogP contribution in [0.4, 0.5) is 0 Å². The van der Waals surface area contributed by atoms with Gasteiger partial charge in [0.15, 0.2) is 0 Å². The minimum atomic E-state index is -3.72. The fourth-order valence-electron chi connectivity index (χ4n) is 2.42. The second kappa shape index (κ2) is 4.25. The lowest BCUT2D eigenvalue weighted by Gasteiger charge is -2.52. The van der Waals surface area contributed by atoms with E-state index in [1.807, 2.05) is 11.8 Å². The van der Waals surface area contributed by atoms with Gasteiger partial charge < -0.3 is 0 Å². The molecule has 2 heterocycles. The minimum Gasteiger partial charge on any atom is -0.250 e. The average Bonchev–Trinajstić information content (AvgIpc) is 2.17. The van der Waals surface area contributed by atoms with Crippen LogP contribution in [-0.2, 0) is 18.8 Å². The van der Waals surface area contributed by atoms with Gasteiger partial charge in [0.25, 0.3) is 5.91 Å². The molecule has 1 atom stereocenters. The first-order valence-electron chi connectivity index (χ1n) is 5.91. The quantitative estimate of drug-likeness (QED) is 0.758. The van der Waals surface area contributed by atoms with Crippen LogP contribution in [0.2, 0.25) is 0 Å². The van der Waals surface area contributed by atoms with Gasteiger partial charge in [0.05, 0.1) is 0 Å². The topological polar surface area (TPSA) is 55.8 Å². The van der Waals surface area contributed by atoms with Crippen LogP contribution in [0.1, 0.15) is 39.5 Å². The molecule has 0 aromatic heterocycles. The third kappa shape index (κ3) is 1.99. The first-order valence-corrected chi connectivity index (χ1v) is 7.25. The maximum Gasteiger partial charge on any atom is 0.407 e. The summed E-state index contributed by atoms with van der Waals surface area (Å²) in [6.07, 6.45) is 4.12. The highest BCUT2D eigenvalue weighted by molar-refractivity contribution is 7.82. The molecule has 2 saturated heterocycles. The Bertz CT molecular complexity index is 342. The van der Waals surface area contributed by atoms with Crippen LogP contribution in [0.15, 0.2) is 0 Å². The van der Waals surface area contributed by atoms with Crippen molar-refractivity contribution in [3.05, 3.63) is 0 Å². The van der Waals surface area contributed by atoms with Gasteiger partial charge in [0.2, 0.25) is 0 Å². The van der Waals surface area contributed by atoms with Crippen LogP contribution in [-0.4, -0.2) is 32.3 Å². The van der Waals surface area contributed by atoms with Crippen molar-refractivity contribution >= 4 is 10.4 Å². The highest BCUT2D eigenvalue weighted by atomic mass is 32.3. The van der Waals surface area contributed by atoms with Gasteiger partial charge in [0.1, 0.15) is 0 Å². The number of hydrogen-bond donors (Lipinski definition) is 0. The van der Waals surface area contributed by atoms with Gasteiger partial charge in [-0.25, -0.2) is 0 Å². The predicted molar refractivity (Wildman–Crippen MR) is 58.7 cm³/mol. The third-order valence-electron chi connectivity index (χ3n) is 3.35. The lowest BCUT2D eigenvalue weighted by Crippen LogP contribution is -2.67. The maximum atomic E-state index is 11.1. The van der Waals surface area contributed by atoms with Crippen LogP contribution in [0, 0.1) is 5.92 Å². The van der Waals surface area contributed by atoms with Crippen molar-refractivity contribution in [3.8, 4) is 0 Å². The molecule has 0 bridgehead atoms. The van der Waals surface area contributed by atoms with E-state index in [2.05, 4.69) is 6.92 Å². The molecule has 0 aromatic carbocycles. The van der Waals surface area contributed by atoms with Crippen molar-refractivity contribution in [3.63, 3.8) is 0 Å². The molecule has 1 unspecified atom stereocenters. The van der Waals surface area contributed by atoms with Crippen molar-refractivity contribution in [2.24, 2.45) is 5.92 Å². The average molecular weight is 249 g/mol. The van der Waals surface area contributed by atoms with Crippen LogP contribution in [0.25, 0.3) is 0 Å². The Hall–Kier alpha value is -0.170. The summed E-state index contributed by atoms with van der Waals surface area (Å²) < 4.78 is 32.2. The molecular weight excluding hydrogens is 230 g/mol. The summed E-state index contributed by atoms with van der Waals surface area (Å²) in [5.74, 6) is -0.895. The number of nitrogens with zero attached hydrogens (tertiary/aromatic N) is 1. The Balaban J connectivity index is 2.10. The second-order valence-electron chi connectivity index (χ2n) is 4.59. The number of hydrogen-bond acceptors (Lipinski definition) is 5. The Morgan fingerprint density at radius 1 is 1.44 bits per heavy atom. The zero-order valence-corrected chi connectivity index (χ0v) is 10.6. The first-order chi connectivity index (χ1) is 7.50. The number of likely N-dealkylation sites (tertiary alicyclic amines) is 1. The summed E-state index contributed by atoms with van der Waals surface area (Å²) in [6.45, 7) is 5.77. The molecule has 16 heavy (non-hydrogen) atoms. The summed E-state index contributed by atoms with van der Waals surface area (Å²) >= 11 is 0. The molecule has 5 nitrogen and oxygen atoms in total. The monoisotopic (exact) mass is 249 g/mol. The summed E-state index contributed by atoms with van der Waals surface area (Å²) in [5.41, 5.74) is 0. The van der Waals surface area contributed by atoms with Crippen molar-refractivity contribution in [1.82, 2.24) is 4.90 Å². The van der Waals surface area contributed by atoms with E-state index >= 15 is 0 Å². The fraction of sp³-hybridized carbons (Fsp3) is 1.00. The molecule has 0 amide bonds. The highest BCUT2D eigenvalue weighted by Gasteiger charge is 2.60. The van der Waals surface area contributed by atoms with E-state index in [9.17, 15) is 8.42 Å². The number of unbranched alkanes of at least 4 members (excludes halogenated alkanes) is 1. The lowest BCUT2D eigenvalue weighted by molar-refractivity contribution is -0.319. The van der Waals surface area contributed by atoms with Crippen LogP contribution >= 0.6 is 0 Å². The molecule has 2 aliphatic heterocycles. The van der Waals surface area contributed by atoms with Gasteiger partial charge in [0, 0.05) is 19.0 Å². The van der Waals surface area contributed by atoms with Crippen LogP contribution < -0.4 is 0 Å². The Morgan fingerprint density at radius 3 is 2.69 bits per heavy atom. The van der Waals surface area contributed by atoms with Crippen molar-refractivity contribution < 1.29 is 16.8 Å². The minimum absolute atomic E-state index is 0.0987.